The zero-order valence-corrected chi connectivity index (χ0v) is 15.8. The Morgan fingerprint density at radius 2 is 1.62 bits per heavy atom. The summed E-state index contributed by atoms with van der Waals surface area (Å²) >= 11 is 0. The molecule has 24 heavy (non-hydrogen) atoms. The normalized spacial score (nSPS) is 9.58. The lowest BCUT2D eigenvalue weighted by atomic mass is 9.95. The molecule has 4 nitrogen and oxygen atoms in total. The summed E-state index contributed by atoms with van der Waals surface area (Å²) in [4.78, 5) is 23.5. The highest BCUT2D eigenvalue weighted by Crippen LogP contribution is 2.19. The van der Waals surface area contributed by atoms with E-state index in [0.717, 1.165) is 29.5 Å². The highest BCUT2D eigenvalue weighted by Gasteiger charge is 2.15. The average molecular weight is 334 g/mol. The first kappa shape index (κ1) is 21.9. The van der Waals surface area contributed by atoms with Gasteiger partial charge < -0.3 is 9.47 Å². The van der Waals surface area contributed by atoms with Gasteiger partial charge >= 0.3 is 11.9 Å². The molecule has 1 aromatic rings. The Kier molecular flexibility index (Phi) is 10.4. The van der Waals surface area contributed by atoms with E-state index >= 15 is 0 Å². The number of rotatable bonds is 7. The summed E-state index contributed by atoms with van der Waals surface area (Å²) in [7, 11) is 0. The van der Waals surface area contributed by atoms with Crippen molar-refractivity contribution in [3.63, 3.8) is 0 Å². The van der Waals surface area contributed by atoms with E-state index in [1.165, 1.54) is 0 Å². The summed E-state index contributed by atoms with van der Waals surface area (Å²) < 4.78 is 10.1. The predicted molar refractivity (Wildman–Crippen MR) is 97.3 cm³/mol. The number of esters is 2. The summed E-state index contributed by atoms with van der Waals surface area (Å²) in [5, 5.41) is 0. The highest BCUT2D eigenvalue weighted by atomic mass is 16.6. The topological polar surface area (TPSA) is 52.6 Å². The van der Waals surface area contributed by atoms with Gasteiger partial charge in [-0.25, -0.2) is 9.59 Å². The summed E-state index contributed by atoms with van der Waals surface area (Å²) in [5.74, 6) is -0.851. The largest absolute Gasteiger partial charge is 0.459 e. The molecule has 4 heteroatoms. The van der Waals surface area contributed by atoms with Gasteiger partial charge in [-0.1, -0.05) is 40.3 Å². The summed E-state index contributed by atoms with van der Waals surface area (Å²) in [6.45, 7) is 15.2. The van der Waals surface area contributed by atoms with E-state index in [1.807, 2.05) is 40.7 Å². The van der Waals surface area contributed by atoms with E-state index in [2.05, 4.69) is 12.6 Å². The molecule has 0 saturated carbocycles. The van der Waals surface area contributed by atoms with Crippen molar-refractivity contribution < 1.29 is 19.1 Å². The van der Waals surface area contributed by atoms with Crippen LogP contribution >= 0.6 is 0 Å². The number of benzene rings is 1. The molecule has 0 saturated heterocycles. The molecular formula is C20H30O4. The molecule has 0 spiro atoms. The second-order valence-electron chi connectivity index (χ2n) is 5.20. The van der Waals surface area contributed by atoms with Crippen LogP contribution in [0, 0.1) is 6.92 Å². The van der Waals surface area contributed by atoms with Gasteiger partial charge in [0.05, 0.1) is 5.56 Å². The smallest absolute Gasteiger partial charge is 0.338 e. The SMILES string of the molecule is C=C(C)C(=O)OCCOC(=O)c1cc(CC)cc(C)c1CC.CC. The summed E-state index contributed by atoms with van der Waals surface area (Å²) in [5.41, 5.74) is 4.13. The van der Waals surface area contributed by atoms with Crippen molar-refractivity contribution in [2.45, 2.75) is 54.4 Å². The minimum atomic E-state index is -0.478. The fraction of sp³-hybridized carbons (Fsp3) is 0.500. The van der Waals surface area contributed by atoms with Crippen LogP contribution in [0.5, 0.6) is 0 Å². The van der Waals surface area contributed by atoms with Gasteiger partial charge in [0.2, 0.25) is 0 Å². The third-order valence-corrected chi connectivity index (χ3v) is 3.41. The Hall–Kier alpha value is -2.10. The molecule has 0 bridgehead atoms. The van der Waals surface area contributed by atoms with Crippen LogP contribution < -0.4 is 0 Å². The molecule has 1 aromatic carbocycles. The predicted octanol–water partition coefficient (Wildman–Crippen LogP) is 4.42. The highest BCUT2D eigenvalue weighted by molar-refractivity contribution is 5.92. The lowest BCUT2D eigenvalue weighted by Crippen LogP contribution is -2.16. The molecule has 0 aliphatic heterocycles. The van der Waals surface area contributed by atoms with Crippen LogP contribution in [0.2, 0.25) is 0 Å². The third kappa shape index (κ3) is 6.57. The minimum Gasteiger partial charge on any atom is -0.459 e. The van der Waals surface area contributed by atoms with Crippen LogP contribution in [0.4, 0.5) is 0 Å². The maximum Gasteiger partial charge on any atom is 0.338 e. The van der Waals surface area contributed by atoms with E-state index in [4.69, 9.17) is 9.47 Å². The molecule has 1 rings (SSSR count). The molecule has 0 amide bonds. The van der Waals surface area contributed by atoms with Crippen molar-refractivity contribution in [2.24, 2.45) is 0 Å². The maximum absolute atomic E-state index is 12.2. The third-order valence-electron chi connectivity index (χ3n) is 3.41. The van der Waals surface area contributed by atoms with Gasteiger partial charge in [-0.15, -0.1) is 0 Å². The van der Waals surface area contributed by atoms with Crippen LogP contribution in [0.15, 0.2) is 24.3 Å². The molecule has 0 N–H and O–H groups in total. The van der Waals surface area contributed by atoms with E-state index in [9.17, 15) is 9.59 Å². The molecule has 0 heterocycles. The van der Waals surface area contributed by atoms with Crippen LogP contribution in [0.3, 0.4) is 0 Å². The molecule has 0 unspecified atom stereocenters. The van der Waals surface area contributed by atoms with Gasteiger partial charge in [-0.2, -0.15) is 0 Å². The monoisotopic (exact) mass is 334 g/mol. The first-order chi connectivity index (χ1) is 11.4. The van der Waals surface area contributed by atoms with Crippen molar-refractivity contribution in [1.29, 1.82) is 0 Å². The zero-order valence-electron chi connectivity index (χ0n) is 15.8. The zero-order chi connectivity index (χ0) is 18.7. The molecule has 134 valence electrons. The van der Waals surface area contributed by atoms with Gasteiger partial charge in [0.25, 0.3) is 0 Å². The van der Waals surface area contributed by atoms with Crippen molar-refractivity contribution >= 4 is 11.9 Å². The molecular weight excluding hydrogens is 304 g/mol. The molecule has 0 aromatic heterocycles. The molecule has 0 aliphatic rings. The van der Waals surface area contributed by atoms with Crippen molar-refractivity contribution in [1.82, 2.24) is 0 Å². The number of carbonyl (C=O) groups excluding carboxylic acids is 2. The Balaban J connectivity index is 0.00000254. The van der Waals surface area contributed by atoms with Crippen LogP contribution in [-0.4, -0.2) is 25.2 Å². The number of hydrogen-bond donors (Lipinski definition) is 0. The lowest BCUT2D eigenvalue weighted by molar-refractivity contribution is -0.140. The number of carbonyl (C=O) groups is 2. The second kappa shape index (κ2) is 11.4. The molecule has 0 atom stereocenters. The molecule has 0 aliphatic carbocycles. The second-order valence-corrected chi connectivity index (χ2v) is 5.20. The number of hydrogen-bond acceptors (Lipinski definition) is 4. The van der Waals surface area contributed by atoms with Gasteiger partial charge in [0.1, 0.15) is 13.2 Å². The maximum atomic E-state index is 12.2. The van der Waals surface area contributed by atoms with Crippen molar-refractivity contribution in [3.05, 3.63) is 46.5 Å². The fourth-order valence-electron chi connectivity index (χ4n) is 2.22. The summed E-state index contributed by atoms with van der Waals surface area (Å²) in [6, 6.07) is 3.98. The lowest BCUT2D eigenvalue weighted by Gasteiger charge is -2.13. The van der Waals surface area contributed by atoms with Crippen LogP contribution in [0.25, 0.3) is 0 Å². The Labute approximate surface area is 145 Å². The Morgan fingerprint density at radius 3 is 2.12 bits per heavy atom. The Bertz CT molecular complexity index is 573. The van der Waals surface area contributed by atoms with Gasteiger partial charge in [-0.3, -0.25) is 0 Å². The van der Waals surface area contributed by atoms with E-state index in [1.54, 1.807) is 6.92 Å². The van der Waals surface area contributed by atoms with Gasteiger partial charge in [0.15, 0.2) is 0 Å². The standard InChI is InChI=1S/C18H24O4.C2H6/c1-6-14-10-13(5)15(7-2)16(11-14)18(20)22-9-8-21-17(19)12(3)4;1-2/h10-11H,3,6-9H2,1-2,4-5H3;1-2H3. The minimum absolute atomic E-state index is 0.0331. The Morgan fingerprint density at radius 1 is 1.04 bits per heavy atom. The van der Waals surface area contributed by atoms with E-state index in [0.29, 0.717) is 11.1 Å². The number of ether oxygens (including phenoxy) is 2. The van der Waals surface area contributed by atoms with E-state index < -0.39 is 5.97 Å². The van der Waals surface area contributed by atoms with Crippen molar-refractivity contribution in [2.75, 3.05) is 13.2 Å². The average Bonchev–Trinajstić information content (AvgIpc) is 2.58. The first-order valence-electron chi connectivity index (χ1n) is 8.52. The van der Waals surface area contributed by atoms with Crippen LogP contribution in [0.1, 0.15) is 61.7 Å². The number of aryl methyl sites for hydroxylation is 2. The van der Waals surface area contributed by atoms with Gasteiger partial charge in [-0.05, 0) is 49.4 Å². The molecule has 0 radical (unpaired) electrons. The van der Waals surface area contributed by atoms with Crippen molar-refractivity contribution in [3.8, 4) is 0 Å². The fourth-order valence-corrected chi connectivity index (χ4v) is 2.22. The first-order valence-corrected chi connectivity index (χ1v) is 8.52. The molecule has 0 fully saturated rings. The quantitative estimate of drug-likeness (QED) is 0.421. The van der Waals surface area contributed by atoms with E-state index in [-0.39, 0.29) is 19.2 Å². The summed E-state index contributed by atoms with van der Waals surface area (Å²) in [6.07, 6.45) is 1.63. The van der Waals surface area contributed by atoms with Crippen LogP contribution in [-0.2, 0) is 27.1 Å². The van der Waals surface area contributed by atoms with Gasteiger partial charge in [0, 0.05) is 5.57 Å².